The maximum absolute atomic E-state index is 13.3. The third-order valence-electron chi connectivity index (χ3n) is 4.18. The first-order chi connectivity index (χ1) is 13.4. The molecule has 3 rings (SSSR count). The van der Waals surface area contributed by atoms with Crippen LogP contribution in [0.1, 0.15) is 17.0 Å². The Bertz CT molecular complexity index is 990. The molecule has 1 amide bonds. The number of aromatic nitrogens is 3. The van der Waals surface area contributed by atoms with Crippen LogP contribution in [-0.4, -0.2) is 26.4 Å². The maximum atomic E-state index is 13.3. The Morgan fingerprint density at radius 3 is 2.75 bits per heavy atom. The molecule has 3 aromatic rings. The van der Waals surface area contributed by atoms with E-state index in [1.165, 1.54) is 23.9 Å². The van der Waals surface area contributed by atoms with Crippen molar-refractivity contribution in [2.24, 2.45) is 7.05 Å². The summed E-state index contributed by atoms with van der Waals surface area (Å²) in [7, 11) is 1.83. The van der Waals surface area contributed by atoms with E-state index in [0.717, 1.165) is 16.9 Å². The molecular weight excluding hydrogens is 379 g/mol. The van der Waals surface area contributed by atoms with Gasteiger partial charge in [0.15, 0.2) is 11.0 Å². The number of hydrogen-bond acceptors (Lipinski definition) is 5. The van der Waals surface area contributed by atoms with Crippen molar-refractivity contribution in [2.45, 2.75) is 25.6 Å². The third-order valence-corrected chi connectivity index (χ3v) is 5.20. The Morgan fingerprint density at radius 2 is 1.96 bits per heavy atom. The van der Waals surface area contributed by atoms with Gasteiger partial charge >= 0.3 is 0 Å². The van der Waals surface area contributed by atoms with E-state index in [9.17, 15) is 9.18 Å². The van der Waals surface area contributed by atoms with Crippen LogP contribution in [0.2, 0.25) is 0 Å². The van der Waals surface area contributed by atoms with Gasteiger partial charge in [0, 0.05) is 12.7 Å². The molecule has 8 heteroatoms. The van der Waals surface area contributed by atoms with Gasteiger partial charge in [-0.25, -0.2) is 4.39 Å². The smallest absolute Gasteiger partial charge is 0.234 e. The number of halogens is 1. The first-order valence-electron chi connectivity index (χ1n) is 8.69. The Labute approximate surface area is 167 Å². The van der Waals surface area contributed by atoms with Crippen LogP contribution in [0.25, 0.3) is 0 Å². The van der Waals surface area contributed by atoms with Crippen molar-refractivity contribution in [3.8, 4) is 5.75 Å². The second-order valence-corrected chi connectivity index (χ2v) is 7.25. The molecule has 0 unspecified atom stereocenters. The third kappa shape index (κ3) is 4.89. The van der Waals surface area contributed by atoms with Crippen molar-refractivity contribution >= 4 is 23.4 Å². The molecule has 0 fully saturated rings. The maximum Gasteiger partial charge on any atom is 0.234 e. The molecule has 0 bridgehead atoms. The molecule has 1 heterocycles. The summed E-state index contributed by atoms with van der Waals surface area (Å²) >= 11 is 1.26. The van der Waals surface area contributed by atoms with Crippen molar-refractivity contribution < 1.29 is 13.9 Å². The summed E-state index contributed by atoms with van der Waals surface area (Å²) in [6.45, 7) is 4.07. The number of rotatable bonds is 7. The van der Waals surface area contributed by atoms with E-state index in [4.69, 9.17) is 4.74 Å². The summed E-state index contributed by atoms with van der Waals surface area (Å²) in [6, 6.07) is 12.0. The summed E-state index contributed by atoms with van der Waals surface area (Å²) in [5.41, 5.74) is 2.31. The standard InChI is InChI=1S/C20H21FN4O2S/c1-13-8-9-15(21)10-16(13)22-19(26)12-28-20-24-23-18(25(20)3)11-27-17-7-5-4-6-14(17)2/h4-10H,11-12H2,1-3H3,(H,22,26). The van der Waals surface area contributed by atoms with Gasteiger partial charge in [-0.2, -0.15) is 0 Å². The zero-order valence-corrected chi connectivity index (χ0v) is 16.7. The summed E-state index contributed by atoms with van der Waals surface area (Å²) in [5.74, 6) is 0.969. The molecule has 1 N–H and O–H groups in total. The molecule has 0 aliphatic rings. The van der Waals surface area contributed by atoms with Crippen LogP contribution in [-0.2, 0) is 18.4 Å². The van der Waals surface area contributed by atoms with E-state index in [1.807, 2.05) is 45.2 Å². The number of nitrogens with zero attached hydrogens (tertiary/aromatic N) is 3. The van der Waals surface area contributed by atoms with Crippen LogP contribution in [0.5, 0.6) is 5.75 Å². The number of aryl methyl sites for hydroxylation is 2. The van der Waals surface area contributed by atoms with E-state index < -0.39 is 0 Å². The number of para-hydroxylation sites is 1. The number of nitrogens with one attached hydrogen (secondary N) is 1. The molecular formula is C20H21FN4O2S. The second-order valence-electron chi connectivity index (χ2n) is 6.31. The Balaban J connectivity index is 1.56. The van der Waals surface area contributed by atoms with E-state index in [1.54, 1.807) is 10.6 Å². The normalized spacial score (nSPS) is 10.7. The van der Waals surface area contributed by atoms with Crippen LogP contribution in [0.4, 0.5) is 10.1 Å². The van der Waals surface area contributed by atoms with Gasteiger partial charge in [-0.05, 0) is 43.2 Å². The number of benzene rings is 2. The molecule has 0 radical (unpaired) electrons. The largest absolute Gasteiger partial charge is 0.485 e. The van der Waals surface area contributed by atoms with Gasteiger partial charge in [0.2, 0.25) is 5.91 Å². The lowest BCUT2D eigenvalue weighted by molar-refractivity contribution is -0.113. The minimum Gasteiger partial charge on any atom is -0.485 e. The van der Waals surface area contributed by atoms with Crippen molar-refractivity contribution in [3.05, 3.63) is 65.2 Å². The zero-order valence-electron chi connectivity index (χ0n) is 15.9. The summed E-state index contributed by atoms with van der Waals surface area (Å²) in [5, 5.41) is 11.6. The lowest BCUT2D eigenvalue weighted by Crippen LogP contribution is -2.15. The average molecular weight is 400 g/mol. The predicted octanol–water partition coefficient (Wildman–Crippen LogP) is 3.88. The Morgan fingerprint density at radius 1 is 1.18 bits per heavy atom. The molecule has 146 valence electrons. The Kier molecular flexibility index (Phi) is 6.30. The number of ether oxygens (including phenoxy) is 1. The van der Waals surface area contributed by atoms with Gasteiger partial charge in [0.25, 0.3) is 0 Å². The van der Waals surface area contributed by atoms with Gasteiger partial charge in [0.05, 0.1) is 5.75 Å². The molecule has 0 saturated carbocycles. The monoisotopic (exact) mass is 400 g/mol. The second kappa shape index (κ2) is 8.88. The van der Waals surface area contributed by atoms with Gasteiger partial charge in [0.1, 0.15) is 18.2 Å². The van der Waals surface area contributed by atoms with Crippen LogP contribution < -0.4 is 10.1 Å². The number of hydrogen-bond donors (Lipinski definition) is 1. The molecule has 0 aliphatic heterocycles. The Hall–Kier alpha value is -2.87. The summed E-state index contributed by atoms with van der Waals surface area (Å²) in [6.07, 6.45) is 0. The highest BCUT2D eigenvalue weighted by Crippen LogP contribution is 2.21. The SMILES string of the molecule is Cc1ccc(F)cc1NC(=O)CSc1nnc(COc2ccccc2C)n1C. The molecule has 2 aromatic carbocycles. The number of carbonyl (C=O) groups excluding carboxylic acids is 1. The first kappa shape index (κ1) is 19.9. The van der Waals surface area contributed by atoms with Crippen LogP contribution in [0.3, 0.4) is 0 Å². The van der Waals surface area contributed by atoms with Crippen molar-refractivity contribution in [2.75, 3.05) is 11.1 Å². The lowest BCUT2D eigenvalue weighted by Gasteiger charge is -2.09. The van der Waals surface area contributed by atoms with E-state index >= 15 is 0 Å². The zero-order chi connectivity index (χ0) is 20.1. The van der Waals surface area contributed by atoms with Crippen LogP contribution in [0, 0.1) is 19.7 Å². The van der Waals surface area contributed by atoms with Crippen molar-refractivity contribution in [3.63, 3.8) is 0 Å². The van der Waals surface area contributed by atoms with Crippen molar-refractivity contribution in [1.29, 1.82) is 0 Å². The lowest BCUT2D eigenvalue weighted by atomic mass is 10.2. The van der Waals surface area contributed by atoms with Gasteiger partial charge < -0.3 is 14.6 Å². The summed E-state index contributed by atoms with van der Waals surface area (Å²) in [4.78, 5) is 12.2. The molecule has 28 heavy (non-hydrogen) atoms. The molecule has 0 spiro atoms. The van der Waals surface area contributed by atoms with Crippen molar-refractivity contribution in [1.82, 2.24) is 14.8 Å². The predicted molar refractivity (Wildman–Crippen MR) is 107 cm³/mol. The molecule has 0 saturated heterocycles. The minimum atomic E-state index is -0.389. The highest BCUT2D eigenvalue weighted by molar-refractivity contribution is 7.99. The van der Waals surface area contributed by atoms with Gasteiger partial charge in [-0.1, -0.05) is 36.0 Å². The fraction of sp³-hybridized carbons (Fsp3) is 0.250. The number of carbonyl (C=O) groups is 1. The summed E-state index contributed by atoms with van der Waals surface area (Å²) < 4.78 is 20.9. The van der Waals surface area contributed by atoms with E-state index in [2.05, 4.69) is 15.5 Å². The molecule has 1 aromatic heterocycles. The van der Waals surface area contributed by atoms with Gasteiger partial charge in [-0.3, -0.25) is 4.79 Å². The quantitative estimate of drug-likeness (QED) is 0.610. The molecule has 0 atom stereocenters. The van der Waals surface area contributed by atoms with Crippen LogP contribution in [0.15, 0.2) is 47.6 Å². The topological polar surface area (TPSA) is 69.0 Å². The molecule has 6 nitrogen and oxygen atoms in total. The number of amides is 1. The number of thioether (sulfide) groups is 1. The van der Waals surface area contributed by atoms with E-state index in [0.29, 0.717) is 16.7 Å². The number of anilines is 1. The minimum absolute atomic E-state index is 0.139. The van der Waals surface area contributed by atoms with Gasteiger partial charge in [-0.15, -0.1) is 10.2 Å². The fourth-order valence-corrected chi connectivity index (χ4v) is 3.23. The fourth-order valence-electron chi connectivity index (χ4n) is 2.50. The van der Waals surface area contributed by atoms with E-state index in [-0.39, 0.29) is 24.1 Å². The highest BCUT2D eigenvalue weighted by atomic mass is 32.2. The first-order valence-corrected chi connectivity index (χ1v) is 9.68. The van der Waals surface area contributed by atoms with Crippen LogP contribution >= 0.6 is 11.8 Å². The molecule has 0 aliphatic carbocycles. The highest BCUT2D eigenvalue weighted by Gasteiger charge is 2.13. The average Bonchev–Trinajstić information content (AvgIpc) is 3.02.